The topological polar surface area (TPSA) is 46.2 Å². The van der Waals surface area contributed by atoms with Crippen molar-refractivity contribution < 1.29 is 8.42 Å². The van der Waals surface area contributed by atoms with Crippen molar-refractivity contribution in [2.24, 2.45) is 0 Å². The molecular formula is C22H36BrNO2S. The van der Waals surface area contributed by atoms with E-state index in [0.29, 0.717) is 4.90 Å². The van der Waals surface area contributed by atoms with Gasteiger partial charge in [-0.05, 0) is 49.9 Å². The van der Waals surface area contributed by atoms with Crippen LogP contribution < -0.4 is 4.72 Å². The molecule has 1 unspecified atom stereocenters. The first-order chi connectivity index (χ1) is 13.0. The van der Waals surface area contributed by atoms with Crippen LogP contribution in [0.1, 0.15) is 84.5 Å². The summed E-state index contributed by atoms with van der Waals surface area (Å²) < 4.78 is 29.3. The van der Waals surface area contributed by atoms with E-state index in [-0.39, 0.29) is 6.04 Å². The number of rotatable bonds is 15. The lowest BCUT2D eigenvalue weighted by Crippen LogP contribution is -2.34. The molecule has 27 heavy (non-hydrogen) atoms. The largest absolute Gasteiger partial charge is 0.240 e. The van der Waals surface area contributed by atoms with Gasteiger partial charge in [-0.25, -0.2) is 13.1 Å². The molecule has 0 fully saturated rings. The van der Waals surface area contributed by atoms with Crippen LogP contribution in [0, 0.1) is 0 Å². The Labute approximate surface area is 175 Å². The van der Waals surface area contributed by atoms with Gasteiger partial charge in [0.05, 0.1) is 4.90 Å². The van der Waals surface area contributed by atoms with Gasteiger partial charge in [0.25, 0.3) is 0 Å². The number of sulfonamides is 1. The smallest absolute Gasteiger partial charge is 0.208 e. The van der Waals surface area contributed by atoms with E-state index in [1.165, 1.54) is 32.1 Å². The number of hydrogen-bond donors (Lipinski definition) is 1. The van der Waals surface area contributed by atoms with E-state index in [4.69, 9.17) is 0 Å². The molecule has 5 heteroatoms. The van der Waals surface area contributed by atoms with E-state index < -0.39 is 10.0 Å². The second-order valence-corrected chi connectivity index (χ2v) is 9.80. The maximum Gasteiger partial charge on any atom is 0.240 e. The van der Waals surface area contributed by atoms with Crippen LogP contribution in [0.25, 0.3) is 0 Å². The van der Waals surface area contributed by atoms with E-state index in [9.17, 15) is 8.42 Å². The van der Waals surface area contributed by atoms with E-state index in [2.05, 4.69) is 46.7 Å². The Balaban J connectivity index is 2.60. The average Bonchev–Trinajstić information content (AvgIpc) is 2.64. The first-order valence-electron chi connectivity index (χ1n) is 10.4. The van der Waals surface area contributed by atoms with Gasteiger partial charge in [0.1, 0.15) is 0 Å². The van der Waals surface area contributed by atoms with E-state index in [0.717, 1.165) is 43.0 Å². The summed E-state index contributed by atoms with van der Waals surface area (Å²) in [6.45, 7) is 4.39. The van der Waals surface area contributed by atoms with Gasteiger partial charge in [0.2, 0.25) is 10.0 Å². The molecule has 0 bridgehead atoms. The van der Waals surface area contributed by atoms with Gasteiger partial charge in [-0.2, -0.15) is 0 Å². The van der Waals surface area contributed by atoms with Gasteiger partial charge < -0.3 is 0 Å². The van der Waals surface area contributed by atoms with Crippen molar-refractivity contribution in [2.45, 2.75) is 95.4 Å². The van der Waals surface area contributed by atoms with E-state index in [1.54, 1.807) is 24.3 Å². The number of benzene rings is 1. The maximum absolute atomic E-state index is 12.7. The van der Waals surface area contributed by atoms with Crippen molar-refractivity contribution in [3.8, 4) is 0 Å². The fourth-order valence-electron chi connectivity index (χ4n) is 3.03. The lowest BCUT2D eigenvalue weighted by molar-refractivity contribution is 0.475. The van der Waals surface area contributed by atoms with Crippen molar-refractivity contribution in [2.75, 3.05) is 0 Å². The molecule has 0 aliphatic heterocycles. The van der Waals surface area contributed by atoms with Gasteiger partial charge in [-0.3, -0.25) is 0 Å². The molecule has 0 radical (unpaired) electrons. The lowest BCUT2D eigenvalue weighted by Gasteiger charge is -2.18. The van der Waals surface area contributed by atoms with Gasteiger partial charge in [-0.15, -0.1) is 0 Å². The SMILES string of the molecule is CCC/C=C\CCC(CCCCCCCC)NS(=O)(=O)c1ccc(Br)cc1. The fourth-order valence-corrected chi connectivity index (χ4v) is 4.60. The zero-order chi connectivity index (χ0) is 20.0. The first-order valence-corrected chi connectivity index (χ1v) is 12.7. The normalized spacial score (nSPS) is 13.3. The van der Waals surface area contributed by atoms with E-state index >= 15 is 0 Å². The predicted molar refractivity (Wildman–Crippen MR) is 120 cm³/mol. The highest BCUT2D eigenvalue weighted by molar-refractivity contribution is 9.10. The molecular weight excluding hydrogens is 422 g/mol. The van der Waals surface area contributed by atoms with E-state index in [1.807, 2.05) is 0 Å². The summed E-state index contributed by atoms with van der Waals surface area (Å²) in [6.07, 6.45) is 16.6. The summed E-state index contributed by atoms with van der Waals surface area (Å²) in [5.41, 5.74) is 0. The molecule has 0 aliphatic carbocycles. The molecule has 3 nitrogen and oxygen atoms in total. The van der Waals surface area contributed by atoms with Gasteiger partial charge >= 0.3 is 0 Å². The van der Waals surface area contributed by atoms with Gasteiger partial charge in [-0.1, -0.05) is 86.9 Å². The van der Waals surface area contributed by atoms with Gasteiger partial charge in [0.15, 0.2) is 0 Å². The zero-order valence-corrected chi connectivity index (χ0v) is 19.3. The molecule has 1 rings (SSSR count). The minimum absolute atomic E-state index is 0.00361. The second-order valence-electron chi connectivity index (χ2n) is 7.17. The number of nitrogens with one attached hydrogen (secondary N) is 1. The van der Waals surface area contributed by atoms with Crippen molar-refractivity contribution in [3.05, 3.63) is 40.9 Å². The number of allylic oxidation sites excluding steroid dienone is 2. The highest BCUT2D eigenvalue weighted by Crippen LogP contribution is 2.18. The Morgan fingerprint density at radius 1 is 0.889 bits per heavy atom. The standard InChI is InChI=1S/C22H36BrNO2S/c1-3-5-7-9-11-13-15-21(14-12-10-8-6-4-2)24-27(25,26)22-18-16-20(23)17-19-22/h8,10,16-19,21,24H,3-7,9,11-15H2,1-2H3/b10-8-. The third-order valence-corrected chi connectivity index (χ3v) is 6.72. The summed E-state index contributed by atoms with van der Waals surface area (Å²) in [5, 5.41) is 0. The van der Waals surface area contributed by atoms with Crippen LogP contribution in [-0.4, -0.2) is 14.5 Å². The molecule has 1 N–H and O–H groups in total. The summed E-state index contributed by atoms with van der Waals surface area (Å²) >= 11 is 3.35. The molecule has 0 amide bonds. The Morgan fingerprint density at radius 3 is 2.19 bits per heavy atom. The fraction of sp³-hybridized carbons (Fsp3) is 0.636. The molecule has 0 aromatic heterocycles. The van der Waals surface area contributed by atoms with Gasteiger partial charge in [0, 0.05) is 10.5 Å². The third-order valence-electron chi connectivity index (χ3n) is 4.66. The Kier molecular flexibility index (Phi) is 13.0. The highest BCUT2D eigenvalue weighted by Gasteiger charge is 2.19. The van der Waals surface area contributed by atoms with Crippen molar-refractivity contribution in [1.29, 1.82) is 0 Å². The quantitative estimate of drug-likeness (QED) is 0.228. The van der Waals surface area contributed by atoms with Crippen LogP contribution >= 0.6 is 15.9 Å². The van der Waals surface area contributed by atoms with Crippen LogP contribution in [0.3, 0.4) is 0 Å². The predicted octanol–water partition coefficient (Wildman–Crippen LogP) is 6.98. The van der Waals surface area contributed by atoms with Crippen molar-refractivity contribution in [3.63, 3.8) is 0 Å². The molecule has 0 spiro atoms. The Hall–Kier alpha value is -0.650. The van der Waals surface area contributed by atoms with Crippen LogP contribution in [0.15, 0.2) is 45.8 Å². The molecule has 154 valence electrons. The van der Waals surface area contributed by atoms with Crippen LogP contribution in [0.5, 0.6) is 0 Å². The maximum atomic E-state index is 12.7. The molecule has 1 atom stereocenters. The Bertz CT molecular complexity index is 626. The first kappa shape index (κ1) is 24.4. The molecule has 1 aromatic carbocycles. The summed E-state index contributed by atoms with van der Waals surface area (Å²) in [6, 6.07) is 6.83. The average molecular weight is 459 g/mol. The molecule has 1 aromatic rings. The molecule has 0 heterocycles. The summed E-state index contributed by atoms with van der Waals surface area (Å²) in [7, 11) is -3.47. The molecule has 0 aliphatic rings. The number of halogens is 1. The minimum Gasteiger partial charge on any atom is -0.208 e. The lowest BCUT2D eigenvalue weighted by atomic mass is 10.0. The monoisotopic (exact) mass is 457 g/mol. The number of unbranched alkanes of at least 4 members (excludes halogenated alkanes) is 6. The van der Waals surface area contributed by atoms with Crippen molar-refractivity contribution >= 4 is 26.0 Å². The third kappa shape index (κ3) is 11.1. The van der Waals surface area contributed by atoms with Crippen LogP contribution in [0.4, 0.5) is 0 Å². The highest BCUT2D eigenvalue weighted by atomic mass is 79.9. The molecule has 0 saturated carbocycles. The van der Waals surface area contributed by atoms with Crippen LogP contribution in [0.2, 0.25) is 0 Å². The Morgan fingerprint density at radius 2 is 1.52 bits per heavy atom. The summed E-state index contributed by atoms with van der Waals surface area (Å²) in [5.74, 6) is 0. The second kappa shape index (κ2) is 14.4. The molecule has 0 saturated heterocycles. The minimum atomic E-state index is -3.47. The summed E-state index contributed by atoms with van der Waals surface area (Å²) in [4.78, 5) is 0.333. The van der Waals surface area contributed by atoms with Crippen molar-refractivity contribution in [1.82, 2.24) is 4.72 Å². The van der Waals surface area contributed by atoms with Crippen LogP contribution in [-0.2, 0) is 10.0 Å². The zero-order valence-electron chi connectivity index (χ0n) is 16.9. The number of hydrogen-bond acceptors (Lipinski definition) is 2.